The van der Waals surface area contributed by atoms with Crippen LogP contribution in [0.5, 0.6) is 5.75 Å². The van der Waals surface area contributed by atoms with Crippen molar-refractivity contribution in [1.29, 1.82) is 0 Å². The molecule has 3 rings (SSSR count). The van der Waals surface area contributed by atoms with Gasteiger partial charge in [-0.3, -0.25) is 19.0 Å². The second-order valence-electron chi connectivity index (χ2n) is 6.49. The van der Waals surface area contributed by atoms with Gasteiger partial charge in [-0.25, -0.2) is 14.3 Å². The highest BCUT2D eigenvalue weighted by atomic mass is 35.5. The minimum atomic E-state index is -3.06. The number of amides is 1. The van der Waals surface area contributed by atoms with E-state index in [1.807, 2.05) is 0 Å². The zero-order valence-electron chi connectivity index (χ0n) is 16.7. The Labute approximate surface area is 182 Å². The van der Waals surface area contributed by atoms with Crippen LogP contribution in [0, 0.1) is 0 Å². The molecule has 0 atom stereocenters. The number of benzene rings is 1. The van der Waals surface area contributed by atoms with Gasteiger partial charge < -0.3 is 19.4 Å². The summed E-state index contributed by atoms with van der Waals surface area (Å²) in [7, 11) is 2.96. The first-order chi connectivity index (χ1) is 15.1. The number of ether oxygens (including phenoxy) is 2. The topological polar surface area (TPSA) is 126 Å². The number of rotatable bonds is 7. The summed E-state index contributed by atoms with van der Waals surface area (Å²) in [4.78, 5) is 53.0. The van der Waals surface area contributed by atoms with Gasteiger partial charge in [0.1, 0.15) is 12.3 Å². The number of anilines is 1. The Hall–Kier alpha value is -3.74. The molecular formula is C18H16ClF2N5O6. The Morgan fingerprint density at radius 2 is 1.97 bits per heavy atom. The molecule has 11 nitrogen and oxygen atoms in total. The fraction of sp³-hybridized carbons (Fsp3) is 0.278. The first-order valence-electron chi connectivity index (χ1n) is 8.89. The highest BCUT2D eigenvalue weighted by Crippen LogP contribution is 2.28. The van der Waals surface area contributed by atoms with Crippen molar-refractivity contribution in [3.8, 4) is 5.75 Å². The molecule has 0 fully saturated rings. The van der Waals surface area contributed by atoms with Gasteiger partial charge >= 0.3 is 18.3 Å². The van der Waals surface area contributed by atoms with Crippen LogP contribution in [0.1, 0.15) is 0 Å². The molecule has 2 aromatic heterocycles. The molecule has 3 aromatic rings. The van der Waals surface area contributed by atoms with Crippen LogP contribution < -0.4 is 21.3 Å². The summed E-state index contributed by atoms with van der Waals surface area (Å²) >= 11 is 5.80. The van der Waals surface area contributed by atoms with E-state index < -0.39 is 42.9 Å². The number of carbonyl (C=O) groups is 2. The van der Waals surface area contributed by atoms with Crippen molar-refractivity contribution in [1.82, 2.24) is 18.7 Å². The smallest absolute Gasteiger partial charge is 0.387 e. The number of esters is 1. The van der Waals surface area contributed by atoms with E-state index in [4.69, 9.17) is 16.3 Å². The van der Waals surface area contributed by atoms with Gasteiger partial charge in [-0.05, 0) is 18.2 Å². The minimum Gasteiger partial charge on any atom is -0.454 e. The number of aromatic nitrogens is 4. The highest BCUT2D eigenvalue weighted by Gasteiger charge is 2.18. The van der Waals surface area contributed by atoms with Crippen molar-refractivity contribution < 1.29 is 27.8 Å². The number of hydrogen-bond acceptors (Lipinski definition) is 7. The van der Waals surface area contributed by atoms with Crippen molar-refractivity contribution in [2.24, 2.45) is 14.1 Å². The Morgan fingerprint density at radius 3 is 2.62 bits per heavy atom. The number of nitrogens with zero attached hydrogens (tertiary/aromatic N) is 4. The monoisotopic (exact) mass is 471 g/mol. The van der Waals surface area contributed by atoms with E-state index >= 15 is 0 Å². The van der Waals surface area contributed by atoms with Crippen molar-refractivity contribution in [2.75, 3.05) is 11.9 Å². The fourth-order valence-electron chi connectivity index (χ4n) is 2.82. The third-order valence-electron chi connectivity index (χ3n) is 4.28. The number of nitrogens with one attached hydrogen (secondary N) is 1. The number of imidazole rings is 1. The van der Waals surface area contributed by atoms with Crippen LogP contribution in [0.25, 0.3) is 11.2 Å². The van der Waals surface area contributed by atoms with E-state index in [2.05, 4.69) is 15.0 Å². The van der Waals surface area contributed by atoms with Crippen molar-refractivity contribution >= 4 is 40.3 Å². The summed E-state index contributed by atoms with van der Waals surface area (Å²) in [6.45, 7) is -4.50. The van der Waals surface area contributed by atoms with Crippen LogP contribution in [0.4, 0.5) is 14.5 Å². The second-order valence-corrected chi connectivity index (χ2v) is 6.90. The molecule has 0 aliphatic heterocycles. The predicted molar refractivity (Wildman–Crippen MR) is 108 cm³/mol. The van der Waals surface area contributed by atoms with Crippen molar-refractivity contribution in [3.05, 3.63) is 50.4 Å². The Morgan fingerprint density at radius 1 is 1.25 bits per heavy atom. The molecule has 2 heterocycles. The number of carbonyl (C=O) groups excluding carboxylic acids is 2. The van der Waals surface area contributed by atoms with Crippen molar-refractivity contribution in [3.63, 3.8) is 0 Å². The van der Waals surface area contributed by atoms with Crippen LogP contribution in [0.15, 0.2) is 34.1 Å². The summed E-state index contributed by atoms with van der Waals surface area (Å²) in [6.07, 6.45) is 1.36. The molecule has 1 aromatic carbocycles. The zero-order chi connectivity index (χ0) is 23.6. The van der Waals surface area contributed by atoms with Gasteiger partial charge in [0.05, 0.1) is 11.3 Å². The molecule has 0 spiro atoms. The molecule has 0 aliphatic carbocycles. The normalized spacial score (nSPS) is 11.1. The van der Waals surface area contributed by atoms with Crippen LogP contribution in [0.3, 0.4) is 0 Å². The summed E-state index contributed by atoms with van der Waals surface area (Å²) in [5.74, 6) is -2.04. The van der Waals surface area contributed by atoms with Crippen molar-refractivity contribution in [2.45, 2.75) is 13.2 Å². The third-order valence-corrected chi connectivity index (χ3v) is 4.58. The highest BCUT2D eigenvalue weighted by molar-refractivity contribution is 6.32. The average Bonchev–Trinajstić information content (AvgIpc) is 3.11. The molecule has 0 saturated carbocycles. The maximum absolute atomic E-state index is 12.6. The maximum Gasteiger partial charge on any atom is 0.387 e. The van der Waals surface area contributed by atoms with Crippen LogP contribution in [-0.2, 0) is 35.0 Å². The maximum atomic E-state index is 12.6. The summed E-state index contributed by atoms with van der Waals surface area (Å²) in [6, 6.07) is 3.56. The lowest BCUT2D eigenvalue weighted by atomic mass is 10.3. The minimum absolute atomic E-state index is 0.119. The Bertz CT molecular complexity index is 1320. The Kier molecular flexibility index (Phi) is 6.58. The molecule has 14 heteroatoms. The zero-order valence-corrected chi connectivity index (χ0v) is 17.4. The van der Waals surface area contributed by atoms with Gasteiger partial charge in [-0.15, -0.1) is 0 Å². The quantitative estimate of drug-likeness (QED) is 0.506. The van der Waals surface area contributed by atoms with E-state index in [0.29, 0.717) is 4.57 Å². The van der Waals surface area contributed by atoms with E-state index in [0.717, 1.165) is 10.6 Å². The SMILES string of the molecule is Cn1cnc2c1c(=O)n(CC(=O)OCC(=O)Nc1ccc(OC(F)F)c(Cl)c1)c(=O)n2C. The van der Waals surface area contributed by atoms with Gasteiger partial charge in [-0.1, -0.05) is 11.6 Å². The largest absolute Gasteiger partial charge is 0.454 e. The molecule has 0 unspecified atom stereocenters. The summed E-state index contributed by atoms with van der Waals surface area (Å²) in [5.41, 5.74) is -1.08. The Balaban J connectivity index is 1.64. The molecule has 1 N–H and O–H groups in total. The molecule has 0 aliphatic rings. The summed E-state index contributed by atoms with van der Waals surface area (Å²) < 4.78 is 36.7. The van der Waals surface area contributed by atoms with Gasteiger partial charge in [0, 0.05) is 19.8 Å². The number of alkyl halides is 2. The molecule has 170 valence electrons. The lowest BCUT2D eigenvalue weighted by Crippen LogP contribution is -2.41. The number of hydrogen-bond donors (Lipinski definition) is 1. The lowest BCUT2D eigenvalue weighted by molar-refractivity contribution is -0.148. The second kappa shape index (κ2) is 9.18. The molecule has 0 radical (unpaired) electrons. The number of aryl methyl sites for hydroxylation is 2. The predicted octanol–water partition coefficient (Wildman–Crippen LogP) is 0.870. The number of fused-ring (bicyclic) bond motifs is 1. The number of halogens is 3. The fourth-order valence-corrected chi connectivity index (χ4v) is 3.05. The van der Waals surface area contributed by atoms with E-state index in [9.17, 15) is 28.0 Å². The standard InChI is InChI=1S/C18H16ClF2N5O6/c1-24-8-22-15-14(24)16(29)26(18(30)25(15)2)6-13(28)31-7-12(27)23-9-3-4-11(10(19)5-9)32-17(20)21/h3-5,8,17H,6-7H2,1-2H3,(H,23,27). The first kappa shape index (κ1) is 22.9. The van der Waals surface area contributed by atoms with Gasteiger partial charge in [0.25, 0.3) is 11.5 Å². The molecule has 0 bridgehead atoms. The van der Waals surface area contributed by atoms with E-state index in [1.165, 1.54) is 30.1 Å². The van der Waals surface area contributed by atoms with Crippen LogP contribution >= 0.6 is 11.6 Å². The summed E-state index contributed by atoms with van der Waals surface area (Å²) in [5, 5.41) is 2.19. The van der Waals surface area contributed by atoms with Gasteiger partial charge in [-0.2, -0.15) is 8.78 Å². The first-order valence-corrected chi connectivity index (χ1v) is 9.27. The van der Waals surface area contributed by atoms with Crippen LogP contribution in [-0.4, -0.2) is 43.8 Å². The van der Waals surface area contributed by atoms with E-state index in [-0.39, 0.29) is 27.6 Å². The average molecular weight is 472 g/mol. The van der Waals surface area contributed by atoms with E-state index in [1.54, 1.807) is 7.05 Å². The van der Waals surface area contributed by atoms with Crippen LogP contribution in [0.2, 0.25) is 5.02 Å². The molecule has 1 amide bonds. The molecule has 32 heavy (non-hydrogen) atoms. The molecular weight excluding hydrogens is 456 g/mol. The molecule has 0 saturated heterocycles. The van der Waals surface area contributed by atoms with Gasteiger partial charge in [0.15, 0.2) is 17.8 Å². The van der Waals surface area contributed by atoms with Gasteiger partial charge in [0.2, 0.25) is 0 Å². The third kappa shape index (κ3) is 4.77. The lowest BCUT2D eigenvalue weighted by Gasteiger charge is -2.10.